The first kappa shape index (κ1) is 26.9. The van der Waals surface area contributed by atoms with Crippen LogP contribution in [0.5, 0.6) is 5.75 Å². The Bertz CT molecular complexity index is 1110. The molecule has 0 aliphatic carbocycles. The fraction of sp³-hybridized carbons (Fsp3) is 0.360. The SMILES string of the molecule is Cc1ccc(O)cc1.O=C(CCNc1c(F)cncc1Cl)Nc1cnn(CC(=O)N2CCCCC2)c1. The molecule has 3 heterocycles. The van der Waals surface area contributed by atoms with E-state index in [2.05, 4.69) is 20.7 Å². The molecule has 1 aliphatic heterocycles. The molecule has 36 heavy (non-hydrogen) atoms. The number of carbonyl (C=O) groups is 2. The molecule has 0 atom stereocenters. The number of rotatable bonds is 7. The number of amides is 2. The molecule has 0 unspecified atom stereocenters. The Balaban J connectivity index is 0.000000383. The third kappa shape index (κ3) is 8.53. The Morgan fingerprint density at radius 1 is 1.11 bits per heavy atom. The van der Waals surface area contributed by atoms with Gasteiger partial charge in [0, 0.05) is 38.4 Å². The van der Waals surface area contributed by atoms with E-state index in [0.29, 0.717) is 11.4 Å². The Morgan fingerprint density at radius 2 is 1.83 bits per heavy atom. The lowest BCUT2D eigenvalue weighted by molar-refractivity contribution is -0.132. The maximum Gasteiger partial charge on any atom is 0.244 e. The van der Waals surface area contributed by atoms with Gasteiger partial charge in [0.2, 0.25) is 11.8 Å². The van der Waals surface area contributed by atoms with Crippen molar-refractivity contribution < 1.29 is 19.1 Å². The zero-order chi connectivity index (χ0) is 25.9. The van der Waals surface area contributed by atoms with Gasteiger partial charge >= 0.3 is 0 Å². The average Bonchev–Trinajstić information content (AvgIpc) is 3.30. The van der Waals surface area contributed by atoms with E-state index in [9.17, 15) is 14.0 Å². The van der Waals surface area contributed by atoms with E-state index in [1.165, 1.54) is 22.6 Å². The number of anilines is 2. The molecule has 1 aromatic carbocycles. The van der Waals surface area contributed by atoms with E-state index in [1.54, 1.807) is 18.3 Å². The zero-order valence-corrected chi connectivity index (χ0v) is 20.8. The van der Waals surface area contributed by atoms with E-state index in [4.69, 9.17) is 16.7 Å². The van der Waals surface area contributed by atoms with Gasteiger partial charge in [-0.1, -0.05) is 29.3 Å². The van der Waals surface area contributed by atoms with Crippen LogP contribution in [0.3, 0.4) is 0 Å². The van der Waals surface area contributed by atoms with Crippen molar-refractivity contribution in [3.8, 4) is 5.75 Å². The first-order valence-electron chi connectivity index (χ1n) is 11.7. The van der Waals surface area contributed by atoms with Crippen LogP contribution >= 0.6 is 11.6 Å². The maximum atomic E-state index is 13.6. The number of piperidine rings is 1. The van der Waals surface area contributed by atoms with Crippen LogP contribution in [0.25, 0.3) is 0 Å². The number of hydrogen-bond donors (Lipinski definition) is 3. The summed E-state index contributed by atoms with van der Waals surface area (Å²) < 4.78 is 15.1. The van der Waals surface area contributed by atoms with Crippen LogP contribution in [0.15, 0.2) is 49.1 Å². The molecule has 1 fully saturated rings. The third-order valence-electron chi connectivity index (χ3n) is 5.46. The number of aromatic hydroxyl groups is 1. The Morgan fingerprint density at radius 3 is 2.50 bits per heavy atom. The maximum absolute atomic E-state index is 13.6. The van der Waals surface area contributed by atoms with Crippen LogP contribution in [0.1, 0.15) is 31.2 Å². The van der Waals surface area contributed by atoms with Gasteiger partial charge < -0.3 is 20.6 Å². The van der Waals surface area contributed by atoms with Crippen molar-refractivity contribution in [3.63, 3.8) is 0 Å². The number of nitrogens with zero attached hydrogens (tertiary/aromatic N) is 4. The largest absolute Gasteiger partial charge is 0.508 e. The molecule has 11 heteroatoms. The van der Waals surface area contributed by atoms with Crippen LogP contribution in [0.2, 0.25) is 5.02 Å². The minimum absolute atomic E-state index is 0.0288. The van der Waals surface area contributed by atoms with Crippen molar-refractivity contribution in [1.82, 2.24) is 19.7 Å². The van der Waals surface area contributed by atoms with Crippen molar-refractivity contribution in [2.75, 3.05) is 30.3 Å². The first-order valence-corrected chi connectivity index (χ1v) is 12.1. The molecule has 3 aromatic rings. The number of pyridine rings is 1. The normalized spacial score (nSPS) is 12.9. The number of likely N-dealkylation sites (tertiary alicyclic amines) is 1. The second-order valence-electron chi connectivity index (χ2n) is 8.41. The standard InChI is InChI=1S/C18H22ClFN6O2.C7H8O/c19-14-9-21-10-15(20)18(14)22-5-4-16(27)24-13-8-23-26(11-13)12-17(28)25-6-2-1-3-7-25;1-6-2-4-7(8)5-3-6/h8-11H,1-7,12H2,(H,21,22)(H,24,27);2-5,8H,1H3. The molecule has 9 nitrogen and oxygen atoms in total. The van der Waals surface area contributed by atoms with Crippen LogP contribution in [-0.2, 0) is 16.1 Å². The summed E-state index contributed by atoms with van der Waals surface area (Å²) in [7, 11) is 0. The van der Waals surface area contributed by atoms with Crippen LogP contribution < -0.4 is 10.6 Å². The molecule has 3 N–H and O–H groups in total. The van der Waals surface area contributed by atoms with Gasteiger partial charge in [0.05, 0.1) is 28.8 Å². The van der Waals surface area contributed by atoms with Crippen molar-refractivity contribution in [3.05, 3.63) is 65.5 Å². The summed E-state index contributed by atoms with van der Waals surface area (Å²) in [6.45, 7) is 3.92. The van der Waals surface area contributed by atoms with E-state index < -0.39 is 5.82 Å². The Kier molecular flexibility index (Phi) is 10.1. The van der Waals surface area contributed by atoms with Crippen LogP contribution in [0, 0.1) is 12.7 Å². The van der Waals surface area contributed by atoms with E-state index in [0.717, 1.165) is 38.5 Å². The molecule has 2 aromatic heterocycles. The summed E-state index contributed by atoms with van der Waals surface area (Å²) >= 11 is 5.87. The number of phenolic OH excluding ortho intramolecular Hbond substituents is 1. The minimum atomic E-state index is -0.576. The number of carbonyl (C=O) groups excluding carboxylic acids is 2. The molecule has 0 radical (unpaired) electrons. The van der Waals surface area contributed by atoms with Gasteiger partial charge in [-0.15, -0.1) is 0 Å². The van der Waals surface area contributed by atoms with E-state index in [-0.39, 0.29) is 42.0 Å². The molecule has 4 rings (SSSR count). The van der Waals surface area contributed by atoms with Gasteiger partial charge in [0.1, 0.15) is 12.3 Å². The smallest absolute Gasteiger partial charge is 0.244 e. The van der Waals surface area contributed by atoms with Gasteiger partial charge in [-0.25, -0.2) is 4.39 Å². The summed E-state index contributed by atoms with van der Waals surface area (Å²) in [6, 6.07) is 7.09. The number of aryl methyl sites for hydroxylation is 1. The van der Waals surface area contributed by atoms with Crippen LogP contribution in [-0.4, -0.2) is 56.2 Å². The second kappa shape index (κ2) is 13.4. The Labute approximate surface area is 214 Å². The van der Waals surface area contributed by atoms with E-state index in [1.807, 2.05) is 24.0 Å². The topological polar surface area (TPSA) is 112 Å². The van der Waals surface area contributed by atoms with Gasteiger partial charge in [-0.3, -0.25) is 19.3 Å². The zero-order valence-electron chi connectivity index (χ0n) is 20.1. The lowest BCUT2D eigenvalue weighted by Gasteiger charge is -2.26. The molecule has 0 spiro atoms. The van der Waals surface area contributed by atoms with Gasteiger partial charge in [0.25, 0.3) is 0 Å². The quantitative estimate of drug-likeness (QED) is 0.433. The highest BCUT2D eigenvalue weighted by Gasteiger charge is 2.17. The van der Waals surface area contributed by atoms with Gasteiger partial charge in [0.15, 0.2) is 5.82 Å². The van der Waals surface area contributed by atoms with Crippen molar-refractivity contribution in [2.45, 2.75) is 39.2 Å². The van der Waals surface area contributed by atoms with Crippen molar-refractivity contribution >= 4 is 34.8 Å². The molecule has 0 saturated carbocycles. The first-order chi connectivity index (χ1) is 17.3. The molecule has 0 bridgehead atoms. The molecular weight excluding hydrogens is 487 g/mol. The Hall–Kier alpha value is -3.66. The number of aromatic nitrogens is 3. The van der Waals surface area contributed by atoms with Crippen molar-refractivity contribution in [2.24, 2.45) is 0 Å². The molecule has 192 valence electrons. The summed E-state index contributed by atoms with van der Waals surface area (Å²) in [6.07, 6.45) is 8.83. The summed E-state index contributed by atoms with van der Waals surface area (Å²) in [5, 5.41) is 18.5. The second-order valence-corrected chi connectivity index (χ2v) is 8.81. The van der Waals surface area contributed by atoms with Gasteiger partial charge in [-0.2, -0.15) is 5.10 Å². The minimum Gasteiger partial charge on any atom is -0.508 e. The lowest BCUT2D eigenvalue weighted by atomic mass is 10.1. The predicted molar refractivity (Wildman–Crippen MR) is 136 cm³/mol. The summed E-state index contributed by atoms with van der Waals surface area (Å²) in [4.78, 5) is 29.8. The van der Waals surface area contributed by atoms with Crippen LogP contribution in [0.4, 0.5) is 15.8 Å². The summed E-state index contributed by atoms with van der Waals surface area (Å²) in [5.41, 5.74) is 1.79. The molecule has 1 saturated heterocycles. The van der Waals surface area contributed by atoms with E-state index >= 15 is 0 Å². The highest BCUT2D eigenvalue weighted by molar-refractivity contribution is 6.33. The molecule has 1 aliphatic rings. The number of halogens is 2. The predicted octanol–water partition coefficient (Wildman–Crippen LogP) is 4.22. The van der Waals surface area contributed by atoms with Crippen molar-refractivity contribution in [1.29, 1.82) is 0 Å². The highest BCUT2D eigenvalue weighted by Crippen LogP contribution is 2.23. The highest BCUT2D eigenvalue weighted by atomic mass is 35.5. The molecule has 2 amide bonds. The molecular formula is C25H30ClFN6O3. The monoisotopic (exact) mass is 516 g/mol. The number of phenols is 1. The summed E-state index contributed by atoms with van der Waals surface area (Å²) in [5.74, 6) is -0.482. The number of nitrogens with one attached hydrogen (secondary N) is 2. The average molecular weight is 517 g/mol. The van der Waals surface area contributed by atoms with Gasteiger partial charge in [-0.05, 0) is 38.3 Å². The third-order valence-corrected chi connectivity index (χ3v) is 5.75. The number of benzene rings is 1. The fourth-order valence-electron chi connectivity index (χ4n) is 3.55. The fourth-order valence-corrected chi connectivity index (χ4v) is 3.76. The lowest BCUT2D eigenvalue weighted by Crippen LogP contribution is -2.37. The number of hydrogen-bond acceptors (Lipinski definition) is 6.